The number of nitrogens with zero attached hydrogens (tertiary/aromatic N) is 1. The van der Waals surface area contributed by atoms with E-state index in [1.807, 2.05) is 6.07 Å². The molecule has 0 aliphatic rings. The van der Waals surface area contributed by atoms with Crippen molar-refractivity contribution in [2.24, 2.45) is 0 Å². The number of fused-ring (bicyclic) bond motifs is 7. The third-order valence-electron chi connectivity index (χ3n) is 7.59. The van der Waals surface area contributed by atoms with Gasteiger partial charge in [-0.3, -0.25) is 0 Å². The Morgan fingerprint density at radius 3 is 1.97 bits per heavy atom. The van der Waals surface area contributed by atoms with Crippen LogP contribution in [0.3, 0.4) is 0 Å². The number of furan rings is 1. The lowest BCUT2D eigenvalue weighted by atomic mass is 9.95. The van der Waals surface area contributed by atoms with Crippen LogP contribution in [0.15, 0.2) is 132 Å². The van der Waals surface area contributed by atoms with Crippen LogP contribution in [-0.4, -0.2) is 4.57 Å². The second-order valence-corrected chi connectivity index (χ2v) is 9.69. The summed E-state index contributed by atoms with van der Waals surface area (Å²) in [5.41, 5.74) is 10.1. The van der Waals surface area contributed by atoms with Crippen molar-refractivity contribution in [1.82, 2.24) is 4.57 Å². The second-order valence-electron chi connectivity index (χ2n) is 9.69. The van der Waals surface area contributed by atoms with E-state index in [1.54, 1.807) is 0 Å². The number of benzene rings is 5. The zero-order valence-corrected chi connectivity index (χ0v) is 21.5. The number of aromatic nitrogens is 1. The van der Waals surface area contributed by atoms with Gasteiger partial charge in [-0.25, -0.2) is 0 Å². The summed E-state index contributed by atoms with van der Waals surface area (Å²) in [4.78, 5) is 0. The highest BCUT2D eigenvalue weighted by molar-refractivity contribution is 6.27. The smallest absolute Gasteiger partial charge is 0.137 e. The van der Waals surface area contributed by atoms with E-state index in [0.717, 1.165) is 21.9 Å². The van der Waals surface area contributed by atoms with Crippen LogP contribution in [0.25, 0.3) is 60.6 Å². The number of para-hydroxylation sites is 2. The fraction of sp³-hybridized carbons (Fsp3) is 0.0556. The first-order valence-corrected chi connectivity index (χ1v) is 13.1. The Balaban J connectivity index is 1.72. The van der Waals surface area contributed by atoms with Crippen LogP contribution in [0.4, 0.5) is 0 Å². The van der Waals surface area contributed by atoms with Crippen molar-refractivity contribution in [2.45, 2.75) is 13.8 Å². The molecule has 0 unspecified atom stereocenters. The van der Waals surface area contributed by atoms with Gasteiger partial charge in [0, 0.05) is 21.7 Å². The maximum atomic E-state index is 6.36. The summed E-state index contributed by atoms with van der Waals surface area (Å²) in [5, 5.41) is 4.74. The van der Waals surface area contributed by atoms with Crippen LogP contribution < -0.4 is 0 Å². The predicted octanol–water partition coefficient (Wildman–Crippen LogP) is 10.2. The van der Waals surface area contributed by atoms with Gasteiger partial charge in [0.15, 0.2) is 0 Å². The van der Waals surface area contributed by atoms with Crippen molar-refractivity contribution in [3.63, 3.8) is 0 Å². The maximum absolute atomic E-state index is 6.36. The monoisotopic (exact) mass is 489 g/mol. The Hall–Kier alpha value is -4.82. The standard InChI is InChI=1S/C36H27NO/c1-3-27(26-16-8-5-9-17-26)35(24(2)25-14-6-4-7-15-25)37-31-20-12-10-18-28(31)29-22-23-33-34(36(29)37)30-19-11-13-21-32(30)38-33/h3-23H,1-2H3/b27-3-,35-24-. The minimum absolute atomic E-state index is 0.904. The van der Waals surface area contributed by atoms with Gasteiger partial charge in [0.1, 0.15) is 11.2 Å². The van der Waals surface area contributed by atoms with E-state index in [-0.39, 0.29) is 0 Å². The summed E-state index contributed by atoms with van der Waals surface area (Å²) >= 11 is 0. The molecule has 0 radical (unpaired) electrons. The molecule has 0 spiro atoms. The van der Waals surface area contributed by atoms with Gasteiger partial charge >= 0.3 is 0 Å². The van der Waals surface area contributed by atoms with Crippen molar-refractivity contribution < 1.29 is 4.42 Å². The van der Waals surface area contributed by atoms with Crippen molar-refractivity contribution in [3.05, 3.63) is 139 Å². The molecule has 0 saturated carbocycles. The topological polar surface area (TPSA) is 18.1 Å². The minimum Gasteiger partial charge on any atom is -0.456 e. The fourth-order valence-corrected chi connectivity index (χ4v) is 5.87. The molecule has 0 saturated heterocycles. The molecule has 0 amide bonds. The van der Waals surface area contributed by atoms with Crippen molar-refractivity contribution >= 4 is 60.6 Å². The SMILES string of the molecule is C/C=C(\C(=C(/C)c1ccccc1)n1c2ccccc2c2ccc3oc4ccccc4c3c21)c1ccccc1. The molecule has 7 rings (SSSR count). The molecule has 2 aromatic heterocycles. The van der Waals surface area contributed by atoms with Gasteiger partial charge in [-0.1, -0.05) is 103 Å². The van der Waals surface area contributed by atoms with E-state index in [0.29, 0.717) is 0 Å². The molecule has 0 aliphatic carbocycles. The first-order chi connectivity index (χ1) is 18.8. The van der Waals surface area contributed by atoms with Crippen molar-refractivity contribution in [2.75, 3.05) is 0 Å². The van der Waals surface area contributed by atoms with Crippen molar-refractivity contribution in [1.29, 1.82) is 0 Å². The molecule has 38 heavy (non-hydrogen) atoms. The lowest BCUT2D eigenvalue weighted by Crippen LogP contribution is -2.03. The van der Waals surface area contributed by atoms with Crippen molar-refractivity contribution in [3.8, 4) is 0 Å². The molecular weight excluding hydrogens is 462 g/mol. The quantitative estimate of drug-likeness (QED) is 0.225. The molecule has 0 aliphatic heterocycles. The van der Waals surface area contributed by atoms with Gasteiger partial charge in [-0.15, -0.1) is 0 Å². The number of hydrogen-bond donors (Lipinski definition) is 0. The number of allylic oxidation sites excluding steroid dienone is 4. The molecule has 0 atom stereocenters. The Kier molecular flexibility index (Phi) is 5.26. The average molecular weight is 490 g/mol. The van der Waals surface area contributed by atoms with Gasteiger partial charge in [-0.05, 0) is 54.8 Å². The molecule has 7 aromatic rings. The van der Waals surface area contributed by atoms with E-state index in [2.05, 4.69) is 140 Å². The van der Waals surface area contributed by atoms with E-state index in [1.165, 1.54) is 49.8 Å². The second kappa shape index (κ2) is 8.93. The van der Waals surface area contributed by atoms with Crippen LogP contribution in [0.1, 0.15) is 25.0 Å². The van der Waals surface area contributed by atoms with Crippen LogP contribution in [0.5, 0.6) is 0 Å². The first kappa shape index (κ1) is 22.4. The van der Waals surface area contributed by atoms with Gasteiger partial charge < -0.3 is 8.98 Å². The molecule has 2 heteroatoms. The Morgan fingerprint density at radius 2 is 1.24 bits per heavy atom. The Labute approximate surface area is 221 Å². The number of hydrogen-bond acceptors (Lipinski definition) is 1. The van der Waals surface area contributed by atoms with Crippen LogP contribution in [0, 0.1) is 0 Å². The highest BCUT2D eigenvalue weighted by Crippen LogP contribution is 2.44. The molecule has 0 fully saturated rings. The highest BCUT2D eigenvalue weighted by Gasteiger charge is 2.23. The molecule has 0 bridgehead atoms. The molecule has 182 valence electrons. The maximum Gasteiger partial charge on any atom is 0.137 e. The van der Waals surface area contributed by atoms with Crippen LogP contribution in [0.2, 0.25) is 0 Å². The zero-order chi connectivity index (χ0) is 25.6. The molecular formula is C36H27NO. The summed E-state index contributed by atoms with van der Waals surface area (Å²) < 4.78 is 8.84. The summed E-state index contributed by atoms with van der Waals surface area (Å²) in [7, 11) is 0. The van der Waals surface area contributed by atoms with Gasteiger partial charge in [0.25, 0.3) is 0 Å². The van der Waals surface area contributed by atoms with E-state index in [9.17, 15) is 0 Å². The van der Waals surface area contributed by atoms with Gasteiger partial charge in [0.2, 0.25) is 0 Å². The zero-order valence-electron chi connectivity index (χ0n) is 21.5. The third kappa shape index (κ3) is 3.34. The highest BCUT2D eigenvalue weighted by atomic mass is 16.3. The normalized spacial score (nSPS) is 13.1. The lowest BCUT2D eigenvalue weighted by Gasteiger charge is -2.21. The van der Waals surface area contributed by atoms with Gasteiger partial charge in [0.05, 0.1) is 22.1 Å². The fourth-order valence-electron chi connectivity index (χ4n) is 5.87. The molecule has 0 N–H and O–H groups in total. The summed E-state index contributed by atoms with van der Waals surface area (Å²) in [6.07, 6.45) is 2.24. The summed E-state index contributed by atoms with van der Waals surface area (Å²) in [6.45, 7) is 4.38. The van der Waals surface area contributed by atoms with Crippen LogP contribution in [-0.2, 0) is 0 Å². The minimum atomic E-state index is 0.904. The largest absolute Gasteiger partial charge is 0.456 e. The predicted molar refractivity (Wildman–Crippen MR) is 162 cm³/mol. The van der Waals surface area contributed by atoms with Crippen LogP contribution >= 0.6 is 0 Å². The summed E-state index contributed by atoms with van der Waals surface area (Å²) in [5.74, 6) is 0. The number of rotatable bonds is 4. The average Bonchev–Trinajstić information content (AvgIpc) is 3.52. The third-order valence-corrected chi connectivity index (χ3v) is 7.59. The Bertz CT molecular complexity index is 2020. The lowest BCUT2D eigenvalue weighted by molar-refractivity contribution is 0.669. The molecule has 5 aromatic carbocycles. The van der Waals surface area contributed by atoms with E-state index < -0.39 is 0 Å². The summed E-state index contributed by atoms with van der Waals surface area (Å²) in [6, 6.07) is 42.8. The van der Waals surface area contributed by atoms with E-state index >= 15 is 0 Å². The molecule has 2 heterocycles. The Morgan fingerprint density at radius 1 is 0.605 bits per heavy atom. The van der Waals surface area contributed by atoms with E-state index in [4.69, 9.17) is 4.42 Å². The first-order valence-electron chi connectivity index (χ1n) is 13.1. The van der Waals surface area contributed by atoms with Gasteiger partial charge in [-0.2, -0.15) is 0 Å². The molecule has 2 nitrogen and oxygen atoms in total.